The van der Waals surface area contributed by atoms with Gasteiger partial charge in [-0.15, -0.1) is 0 Å². The number of amides is 2. The SMILES string of the molecule is CCC(C(=O)NC)N(Cc1ccc(Cl)c(Cl)c1)C(=O)CN(c1ccc(Cl)c(Cl)c1)S(C)(=O)=O. The number of benzene rings is 2. The summed E-state index contributed by atoms with van der Waals surface area (Å²) in [4.78, 5) is 27.3. The minimum Gasteiger partial charge on any atom is -0.357 e. The van der Waals surface area contributed by atoms with Crippen LogP contribution in [0.1, 0.15) is 18.9 Å². The lowest BCUT2D eigenvalue weighted by Crippen LogP contribution is -2.51. The molecule has 180 valence electrons. The summed E-state index contributed by atoms with van der Waals surface area (Å²) < 4.78 is 26.0. The molecule has 12 heteroatoms. The average Bonchev–Trinajstić information content (AvgIpc) is 2.75. The van der Waals surface area contributed by atoms with Crippen LogP contribution in [0.15, 0.2) is 36.4 Å². The zero-order valence-electron chi connectivity index (χ0n) is 18.1. The smallest absolute Gasteiger partial charge is 0.244 e. The topological polar surface area (TPSA) is 86.8 Å². The molecule has 0 aliphatic rings. The number of halogens is 4. The van der Waals surface area contributed by atoms with Crippen LogP contribution in [0.2, 0.25) is 20.1 Å². The van der Waals surface area contributed by atoms with Crippen LogP contribution in [0.4, 0.5) is 5.69 Å². The zero-order valence-corrected chi connectivity index (χ0v) is 22.0. The molecule has 0 fully saturated rings. The Morgan fingerprint density at radius 3 is 2.03 bits per heavy atom. The number of carbonyl (C=O) groups is 2. The normalized spacial score (nSPS) is 12.2. The van der Waals surface area contributed by atoms with Gasteiger partial charge in [-0.25, -0.2) is 8.42 Å². The molecule has 1 atom stereocenters. The van der Waals surface area contributed by atoms with Crippen molar-refractivity contribution < 1.29 is 18.0 Å². The van der Waals surface area contributed by atoms with Crippen molar-refractivity contribution in [3.63, 3.8) is 0 Å². The quantitative estimate of drug-likeness (QED) is 0.490. The van der Waals surface area contributed by atoms with Crippen LogP contribution in [0.5, 0.6) is 0 Å². The molecular weight excluding hydrogens is 532 g/mol. The molecule has 2 amide bonds. The molecule has 1 N–H and O–H groups in total. The van der Waals surface area contributed by atoms with E-state index in [1.807, 2.05) is 0 Å². The van der Waals surface area contributed by atoms with E-state index in [2.05, 4.69) is 5.32 Å². The molecule has 0 bridgehead atoms. The average molecular weight is 555 g/mol. The van der Waals surface area contributed by atoms with Gasteiger partial charge in [0.1, 0.15) is 12.6 Å². The molecule has 0 spiro atoms. The van der Waals surface area contributed by atoms with Crippen molar-refractivity contribution >= 4 is 73.9 Å². The van der Waals surface area contributed by atoms with E-state index in [4.69, 9.17) is 46.4 Å². The lowest BCUT2D eigenvalue weighted by atomic mass is 10.1. The number of likely N-dealkylation sites (N-methyl/N-ethyl adjacent to an activating group) is 1. The highest BCUT2D eigenvalue weighted by Crippen LogP contribution is 2.29. The summed E-state index contributed by atoms with van der Waals surface area (Å²) in [5.74, 6) is -0.973. The Morgan fingerprint density at radius 2 is 1.55 bits per heavy atom. The maximum Gasteiger partial charge on any atom is 0.244 e. The number of hydrogen-bond acceptors (Lipinski definition) is 4. The van der Waals surface area contributed by atoms with Gasteiger partial charge in [0.05, 0.1) is 32.0 Å². The predicted octanol–water partition coefficient (Wildman–Crippen LogP) is 4.62. The van der Waals surface area contributed by atoms with Crippen molar-refractivity contribution in [2.75, 3.05) is 24.2 Å². The van der Waals surface area contributed by atoms with E-state index < -0.39 is 28.5 Å². The predicted molar refractivity (Wildman–Crippen MR) is 134 cm³/mol. The molecule has 0 aliphatic heterocycles. The van der Waals surface area contributed by atoms with Gasteiger partial charge >= 0.3 is 0 Å². The lowest BCUT2D eigenvalue weighted by Gasteiger charge is -2.32. The van der Waals surface area contributed by atoms with Crippen molar-refractivity contribution in [2.45, 2.75) is 25.9 Å². The minimum absolute atomic E-state index is 0.0145. The van der Waals surface area contributed by atoms with Gasteiger partial charge in [-0.05, 0) is 42.3 Å². The van der Waals surface area contributed by atoms with Gasteiger partial charge in [0.25, 0.3) is 0 Å². The number of sulfonamides is 1. The second kappa shape index (κ2) is 11.6. The maximum atomic E-state index is 13.4. The second-order valence-electron chi connectivity index (χ2n) is 7.18. The second-order valence-corrected chi connectivity index (χ2v) is 10.7. The Bertz CT molecular complexity index is 1140. The van der Waals surface area contributed by atoms with Gasteiger partial charge in [-0.1, -0.05) is 59.4 Å². The third-order valence-electron chi connectivity index (χ3n) is 4.84. The molecule has 0 saturated heterocycles. The van der Waals surface area contributed by atoms with Crippen LogP contribution in [0, 0.1) is 0 Å². The standard InChI is InChI=1S/C21H23Cl4N3O4S/c1-4-19(21(30)26-2)27(11-13-5-7-15(22)17(24)9-13)20(29)12-28(33(3,31)32)14-6-8-16(23)18(25)10-14/h5-10,19H,4,11-12H2,1-3H3,(H,26,30). The fourth-order valence-electron chi connectivity index (χ4n) is 3.17. The van der Waals surface area contributed by atoms with Gasteiger partial charge in [0.2, 0.25) is 21.8 Å². The van der Waals surface area contributed by atoms with Crippen LogP contribution in [0.25, 0.3) is 0 Å². The largest absolute Gasteiger partial charge is 0.357 e. The Kier molecular flexibility index (Phi) is 9.70. The first-order chi connectivity index (χ1) is 15.4. The van der Waals surface area contributed by atoms with Gasteiger partial charge in [-0.2, -0.15) is 0 Å². The maximum absolute atomic E-state index is 13.4. The summed E-state index contributed by atoms with van der Waals surface area (Å²) in [5, 5.41) is 3.57. The van der Waals surface area contributed by atoms with E-state index in [0.717, 1.165) is 10.6 Å². The summed E-state index contributed by atoms with van der Waals surface area (Å²) in [6.07, 6.45) is 1.28. The first-order valence-electron chi connectivity index (χ1n) is 9.76. The van der Waals surface area contributed by atoms with Crippen molar-refractivity contribution in [1.29, 1.82) is 0 Å². The molecule has 33 heavy (non-hydrogen) atoms. The van der Waals surface area contributed by atoms with Crippen LogP contribution >= 0.6 is 46.4 Å². The molecule has 2 rings (SSSR count). The van der Waals surface area contributed by atoms with Gasteiger partial charge in [0, 0.05) is 13.6 Å². The Labute approximate surface area is 213 Å². The molecule has 0 aliphatic carbocycles. The van der Waals surface area contributed by atoms with E-state index in [1.165, 1.54) is 30.1 Å². The third-order valence-corrected chi connectivity index (χ3v) is 7.46. The van der Waals surface area contributed by atoms with Crippen molar-refractivity contribution in [3.8, 4) is 0 Å². The highest BCUT2D eigenvalue weighted by Gasteiger charge is 2.31. The van der Waals surface area contributed by atoms with Gasteiger partial charge < -0.3 is 10.2 Å². The molecule has 2 aromatic carbocycles. The van der Waals surface area contributed by atoms with Crippen LogP contribution in [-0.4, -0.2) is 51.0 Å². The van der Waals surface area contributed by atoms with E-state index in [9.17, 15) is 18.0 Å². The summed E-state index contributed by atoms with van der Waals surface area (Å²) in [7, 11) is -2.41. The highest BCUT2D eigenvalue weighted by atomic mass is 35.5. The number of hydrogen-bond donors (Lipinski definition) is 1. The van der Waals surface area contributed by atoms with E-state index in [1.54, 1.807) is 25.1 Å². The highest BCUT2D eigenvalue weighted by molar-refractivity contribution is 7.92. The Balaban J connectivity index is 2.46. The molecule has 1 unspecified atom stereocenters. The number of nitrogens with zero attached hydrogens (tertiary/aromatic N) is 2. The third kappa shape index (κ3) is 7.13. The van der Waals surface area contributed by atoms with E-state index in [-0.39, 0.29) is 28.2 Å². The summed E-state index contributed by atoms with van der Waals surface area (Å²) in [5.41, 5.74) is 0.795. The number of carbonyl (C=O) groups excluding carboxylic acids is 2. The number of anilines is 1. The fourth-order valence-corrected chi connectivity index (χ4v) is 4.63. The van der Waals surface area contributed by atoms with Crippen LogP contribution in [-0.2, 0) is 26.2 Å². The number of nitrogens with one attached hydrogen (secondary N) is 1. The van der Waals surface area contributed by atoms with Crippen molar-refractivity contribution in [2.24, 2.45) is 0 Å². The Morgan fingerprint density at radius 1 is 0.970 bits per heavy atom. The molecule has 2 aromatic rings. The van der Waals surface area contributed by atoms with Crippen molar-refractivity contribution in [1.82, 2.24) is 10.2 Å². The minimum atomic E-state index is -3.87. The van der Waals surface area contributed by atoms with Crippen LogP contribution in [0.3, 0.4) is 0 Å². The molecule has 0 saturated carbocycles. The monoisotopic (exact) mass is 553 g/mol. The first-order valence-corrected chi connectivity index (χ1v) is 13.1. The Hall–Kier alpha value is -1.71. The molecular formula is C21H23Cl4N3O4S. The van der Waals surface area contributed by atoms with E-state index in [0.29, 0.717) is 22.0 Å². The number of rotatable bonds is 9. The van der Waals surface area contributed by atoms with Gasteiger partial charge in [0.15, 0.2) is 0 Å². The molecule has 0 heterocycles. The fraction of sp³-hybridized carbons (Fsp3) is 0.333. The molecule has 0 aromatic heterocycles. The zero-order chi connectivity index (χ0) is 24.9. The lowest BCUT2D eigenvalue weighted by molar-refractivity contribution is -0.140. The summed E-state index contributed by atoms with van der Waals surface area (Å²) in [6, 6.07) is 8.26. The summed E-state index contributed by atoms with van der Waals surface area (Å²) in [6.45, 7) is 1.22. The van der Waals surface area contributed by atoms with Crippen molar-refractivity contribution in [3.05, 3.63) is 62.1 Å². The molecule has 0 radical (unpaired) electrons. The first kappa shape index (κ1) is 27.5. The van der Waals surface area contributed by atoms with E-state index >= 15 is 0 Å². The van der Waals surface area contributed by atoms with Crippen LogP contribution < -0.4 is 9.62 Å². The van der Waals surface area contributed by atoms with Gasteiger partial charge in [-0.3, -0.25) is 13.9 Å². The molecule has 7 nitrogen and oxygen atoms in total. The summed E-state index contributed by atoms with van der Waals surface area (Å²) >= 11 is 24.1.